The summed E-state index contributed by atoms with van der Waals surface area (Å²) in [7, 11) is 0. The number of hydrogen-bond donors (Lipinski definition) is 2. The van der Waals surface area contributed by atoms with E-state index in [1.54, 1.807) is 0 Å². The van der Waals surface area contributed by atoms with Crippen molar-refractivity contribution in [3.05, 3.63) is 57.1 Å². The van der Waals surface area contributed by atoms with Crippen LogP contribution in [-0.2, 0) is 13.0 Å². The highest BCUT2D eigenvalue weighted by atomic mass is 35.5. The second-order valence-corrected chi connectivity index (χ2v) is 4.28. The van der Waals surface area contributed by atoms with Crippen LogP contribution in [-0.4, -0.2) is 9.97 Å². The van der Waals surface area contributed by atoms with Crippen molar-refractivity contribution in [2.24, 2.45) is 0 Å². The molecule has 18 heavy (non-hydrogen) atoms. The molecule has 1 aromatic carbocycles. The van der Waals surface area contributed by atoms with Gasteiger partial charge in [-0.1, -0.05) is 36.7 Å². The Kier molecular flexibility index (Phi) is 3.99. The van der Waals surface area contributed by atoms with Crippen molar-refractivity contribution in [3.63, 3.8) is 0 Å². The Hall–Kier alpha value is -1.81. The SMILES string of the molecule is CCc1nc(NCc2ccccc2Cl)cc(=O)[nH]1. The van der Waals surface area contributed by atoms with Gasteiger partial charge in [-0.15, -0.1) is 0 Å². The minimum absolute atomic E-state index is 0.150. The Balaban J connectivity index is 2.13. The molecule has 0 amide bonds. The van der Waals surface area contributed by atoms with E-state index in [2.05, 4.69) is 15.3 Å². The maximum Gasteiger partial charge on any atom is 0.252 e. The summed E-state index contributed by atoms with van der Waals surface area (Å²) in [6.07, 6.45) is 0.691. The van der Waals surface area contributed by atoms with Gasteiger partial charge in [0.2, 0.25) is 0 Å². The average Bonchev–Trinajstić information content (AvgIpc) is 2.37. The fraction of sp³-hybridized carbons (Fsp3) is 0.231. The zero-order valence-corrected chi connectivity index (χ0v) is 10.8. The number of aryl methyl sites for hydroxylation is 1. The van der Waals surface area contributed by atoms with E-state index in [0.29, 0.717) is 29.6 Å². The molecule has 4 nitrogen and oxygen atoms in total. The summed E-state index contributed by atoms with van der Waals surface area (Å²) < 4.78 is 0. The van der Waals surface area contributed by atoms with E-state index < -0.39 is 0 Å². The maximum atomic E-state index is 11.4. The van der Waals surface area contributed by atoms with Crippen molar-refractivity contribution in [1.82, 2.24) is 9.97 Å². The summed E-state index contributed by atoms with van der Waals surface area (Å²) in [5, 5.41) is 3.80. The molecule has 2 aromatic rings. The summed E-state index contributed by atoms with van der Waals surface area (Å²) in [5.41, 5.74) is 0.822. The standard InChI is InChI=1S/C13H14ClN3O/c1-2-11-16-12(7-13(18)17-11)15-8-9-5-3-4-6-10(9)14/h3-7H,2,8H2,1H3,(H2,15,16,17,18). The van der Waals surface area contributed by atoms with Crippen LogP contribution < -0.4 is 10.9 Å². The molecule has 0 fully saturated rings. The van der Waals surface area contributed by atoms with Crippen LogP contribution in [0.1, 0.15) is 18.3 Å². The zero-order valence-electron chi connectivity index (χ0n) is 10.0. The highest BCUT2D eigenvalue weighted by Crippen LogP contribution is 2.15. The van der Waals surface area contributed by atoms with Gasteiger partial charge in [0.05, 0.1) is 0 Å². The van der Waals surface area contributed by atoms with Crippen LogP contribution in [0, 0.1) is 0 Å². The predicted molar refractivity (Wildman–Crippen MR) is 73.0 cm³/mol. The Morgan fingerprint density at radius 2 is 2.17 bits per heavy atom. The molecule has 0 aliphatic rings. The van der Waals surface area contributed by atoms with Gasteiger partial charge in [0.15, 0.2) is 0 Å². The largest absolute Gasteiger partial charge is 0.366 e. The van der Waals surface area contributed by atoms with Crippen LogP contribution in [0.3, 0.4) is 0 Å². The molecule has 0 spiro atoms. The lowest BCUT2D eigenvalue weighted by molar-refractivity contribution is 0.914. The van der Waals surface area contributed by atoms with Gasteiger partial charge in [-0.05, 0) is 11.6 Å². The van der Waals surface area contributed by atoms with Crippen LogP contribution in [0.5, 0.6) is 0 Å². The molecular formula is C13H14ClN3O. The van der Waals surface area contributed by atoms with Crippen LogP contribution in [0.2, 0.25) is 5.02 Å². The Bertz CT molecular complexity index is 595. The molecule has 0 aliphatic heterocycles. The molecule has 1 aromatic heterocycles. The second kappa shape index (κ2) is 5.69. The molecule has 0 saturated heterocycles. The number of hydrogen-bond acceptors (Lipinski definition) is 3. The van der Waals surface area contributed by atoms with Crippen molar-refractivity contribution >= 4 is 17.4 Å². The van der Waals surface area contributed by atoms with E-state index in [-0.39, 0.29) is 5.56 Å². The smallest absolute Gasteiger partial charge is 0.252 e. The van der Waals surface area contributed by atoms with Crippen LogP contribution in [0.25, 0.3) is 0 Å². The van der Waals surface area contributed by atoms with E-state index in [9.17, 15) is 4.79 Å². The fourth-order valence-corrected chi connectivity index (χ4v) is 1.80. The Labute approximate surface area is 110 Å². The Morgan fingerprint density at radius 1 is 1.39 bits per heavy atom. The second-order valence-electron chi connectivity index (χ2n) is 3.88. The first kappa shape index (κ1) is 12.6. The first-order valence-electron chi connectivity index (χ1n) is 5.76. The minimum atomic E-state index is -0.150. The molecule has 2 N–H and O–H groups in total. The quantitative estimate of drug-likeness (QED) is 0.891. The first-order valence-corrected chi connectivity index (χ1v) is 6.14. The number of nitrogens with one attached hydrogen (secondary N) is 2. The first-order chi connectivity index (χ1) is 8.69. The molecule has 0 bridgehead atoms. The lowest BCUT2D eigenvalue weighted by atomic mass is 10.2. The van der Waals surface area contributed by atoms with E-state index in [1.165, 1.54) is 6.07 Å². The number of benzene rings is 1. The third-order valence-electron chi connectivity index (χ3n) is 2.54. The fourth-order valence-electron chi connectivity index (χ4n) is 1.59. The summed E-state index contributed by atoms with van der Waals surface area (Å²) in [4.78, 5) is 18.3. The lowest BCUT2D eigenvalue weighted by Crippen LogP contribution is -2.13. The number of nitrogens with zero attached hydrogens (tertiary/aromatic N) is 1. The molecule has 2 rings (SSSR count). The van der Waals surface area contributed by atoms with E-state index in [0.717, 1.165) is 5.56 Å². The van der Waals surface area contributed by atoms with Crippen molar-refractivity contribution in [2.75, 3.05) is 5.32 Å². The molecule has 94 valence electrons. The van der Waals surface area contributed by atoms with E-state index >= 15 is 0 Å². The van der Waals surface area contributed by atoms with Crippen molar-refractivity contribution < 1.29 is 0 Å². The van der Waals surface area contributed by atoms with Gasteiger partial charge in [0.1, 0.15) is 11.6 Å². The number of anilines is 1. The monoisotopic (exact) mass is 263 g/mol. The van der Waals surface area contributed by atoms with Crippen molar-refractivity contribution in [3.8, 4) is 0 Å². The zero-order chi connectivity index (χ0) is 13.0. The highest BCUT2D eigenvalue weighted by Gasteiger charge is 2.02. The molecule has 0 radical (unpaired) electrons. The molecular weight excluding hydrogens is 250 g/mol. The average molecular weight is 264 g/mol. The molecule has 0 aliphatic carbocycles. The van der Waals surface area contributed by atoms with Crippen molar-refractivity contribution in [2.45, 2.75) is 19.9 Å². The molecule has 0 saturated carbocycles. The molecule has 0 atom stereocenters. The lowest BCUT2D eigenvalue weighted by Gasteiger charge is -2.07. The van der Waals surface area contributed by atoms with Gasteiger partial charge in [-0.3, -0.25) is 4.79 Å². The number of aromatic amines is 1. The van der Waals surface area contributed by atoms with Gasteiger partial charge in [0.25, 0.3) is 5.56 Å². The normalized spacial score (nSPS) is 10.3. The highest BCUT2D eigenvalue weighted by molar-refractivity contribution is 6.31. The van der Waals surface area contributed by atoms with E-state index in [4.69, 9.17) is 11.6 Å². The Morgan fingerprint density at radius 3 is 2.89 bits per heavy atom. The topological polar surface area (TPSA) is 57.8 Å². The number of halogens is 1. The van der Waals surface area contributed by atoms with Crippen LogP contribution >= 0.6 is 11.6 Å². The number of aromatic nitrogens is 2. The summed E-state index contributed by atoms with van der Waals surface area (Å²) in [5.74, 6) is 1.24. The summed E-state index contributed by atoms with van der Waals surface area (Å²) in [6, 6.07) is 9.01. The third-order valence-corrected chi connectivity index (χ3v) is 2.91. The van der Waals surface area contributed by atoms with Gasteiger partial charge in [-0.25, -0.2) is 4.98 Å². The number of rotatable bonds is 4. The van der Waals surface area contributed by atoms with Crippen molar-refractivity contribution in [1.29, 1.82) is 0 Å². The predicted octanol–water partition coefficient (Wildman–Crippen LogP) is 2.60. The van der Waals surface area contributed by atoms with Gasteiger partial charge < -0.3 is 10.3 Å². The maximum absolute atomic E-state index is 11.4. The van der Waals surface area contributed by atoms with Gasteiger partial charge in [0, 0.05) is 24.1 Å². The van der Waals surface area contributed by atoms with Crippen LogP contribution in [0.4, 0.5) is 5.82 Å². The summed E-state index contributed by atoms with van der Waals surface area (Å²) in [6.45, 7) is 2.48. The van der Waals surface area contributed by atoms with Gasteiger partial charge >= 0.3 is 0 Å². The summed E-state index contributed by atoms with van der Waals surface area (Å²) >= 11 is 6.05. The third kappa shape index (κ3) is 3.11. The van der Waals surface area contributed by atoms with Gasteiger partial charge in [-0.2, -0.15) is 0 Å². The molecule has 1 heterocycles. The minimum Gasteiger partial charge on any atom is -0.366 e. The molecule has 5 heteroatoms. The number of H-pyrrole nitrogens is 1. The van der Waals surface area contributed by atoms with Crippen LogP contribution in [0.15, 0.2) is 35.1 Å². The molecule has 0 unspecified atom stereocenters. The van der Waals surface area contributed by atoms with E-state index in [1.807, 2.05) is 31.2 Å².